The van der Waals surface area contributed by atoms with E-state index in [0.717, 1.165) is 64.6 Å². The molecule has 0 spiro atoms. The van der Waals surface area contributed by atoms with Crippen molar-refractivity contribution in [1.29, 1.82) is 0 Å². The molecule has 7 heteroatoms. The number of benzene rings is 2. The van der Waals surface area contributed by atoms with E-state index in [-0.39, 0.29) is 24.0 Å². The highest BCUT2D eigenvalue weighted by molar-refractivity contribution is 14.0. The number of nitrogens with zero attached hydrogens (tertiary/aromatic N) is 2. The van der Waals surface area contributed by atoms with Gasteiger partial charge < -0.3 is 20.1 Å². The maximum atomic E-state index is 6.11. The first-order chi connectivity index (χ1) is 15.8. The van der Waals surface area contributed by atoms with Gasteiger partial charge in [0.15, 0.2) is 5.96 Å². The van der Waals surface area contributed by atoms with Crippen LogP contribution in [0.2, 0.25) is 0 Å². The minimum Gasteiger partial charge on any atom is -0.378 e. The van der Waals surface area contributed by atoms with Gasteiger partial charge in [-0.1, -0.05) is 60.7 Å². The van der Waals surface area contributed by atoms with Crippen LogP contribution in [0.3, 0.4) is 0 Å². The molecule has 0 atom stereocenters. The van der Waals surface area contributed by atoms with Crippen molar-refractivity contribution in [3.05, 3.63) is 71.8 Å². The topological polar surface area (TPSA) is 58.1 Å². The molecule has 0 radical (unpaired) electrons. The highest BCUT2D eigenvalue weighted by Gasteiger charge is 2.19. The van der Waals surface area contributed by atoms with Crippen LogP contribution in [0.25, 0.3) is 0 Å². The van der Waals surface area contributed by atoms with E-state index in [2.05, 4.69) is 63.0 Å². The van der Waals surface area contributed by atoms with Gasteiger partial charge in [-0.25, -0.2) is 0 Å². The minimum atomic E-state index is 0. The summed E-state index contributed by atoms with van der Waals surface area (Å²) in [4.78, 5) is 6.79. The summed E-state index contributed by atoms with van der Waals surface area (Å²) in [6.07, 6.45) is 3.59. The third-order valence-corrected chi connectivity index (χ3v) is 5.62. The molecule has 2 N–H and O–H groups in total. The Kier molecular flexibility index (Phi) is 14.1. The van der Waals surface area contributed by atoms with Crippen LogP contribution in [-0.2, 0) is 22.6 Å². The summed E-state index contributed by atoms with van der Waals surface area (Å²) < 4.78 is 11.8. The molecule has 0 bridgehead atoms. The standard InChI is InChI=1S/C26H38N4O2.HI/c1-27-26(29-16-20-31-22-24-11-6-3-7-12-24)28-15-8-19-32-25-13-17-30(18-14-25)21-23-9-4-2-5-10-23;/h2-7,9-12,25H,8,13-22H2,1H3,(H2,27,28,29);1H. The lowest BCUT2D eigenvalue weighted by Gasteiger charge is -2.32. The van der Waals surface area contributed by atoms with Gasteiger partial charge in [-0.05, 0) is 30.4 Å². The molecule has 3 rings (SSSR count). The number of likely N-dealkylation sites (tertiary alicyclic amines) is 1. The van der Waals surface area contributed by atoms with Crippen molar-refractivity contribution in [2.24, 2.45) is 4.99 Å². The van der Waals surface area contributed by atoms with E-state index < -0.39 is 0 Å². The second-order valence-electron chi connectivity index (χ2n) is 8.15. The average Bonchev–Trinajstić information content (AvgIpc) is 2.84. The van der Waals surface area contributed by atoms with E-state index >= 15 is 0 Å². The summed E-state index contributed by atoms with van der Waals surface area (Å²) in [5, 5.41) is 6.63. The van der Waals surface area contributed by atoms with Gasteiger partial charge >= 0.3 is 0 Å². The maximum absolute atomic E-state index is 6.11. The van der Waals surface area contributed by atoms with Gasteiger partial charge in [-0.15, -0.1) is 24.0 Å². The quantitative estimate of drug-likeness (QED) is 0.176. The normalized spacial score (nSPS) is 15.1. The number of hydrogen-bond acceptors (Lipinski definition) is 4. The Morgan fingerprint density at radius 2 is 1.55 bits per heavy atom. The zero-order chi connectivity index (χ0) is 22.3. The first-order valence-electron chi connectivity index (χ1n) is 11.8. The van der Waals surface area contributed by atoms with Crippen LogP contribution in [0.15, 0.2) is 65.7 Å². The fraction of sp³-hybridized carbons (Fsp3) is 0.500. The second-order valence-corrected chi connectivity index (χ2v) is 8.15. The van der Waals surface area contributed by atoms with E-state index in [0.29, 0.717) is 19.3 Å². The largest absolute Gasteiger partial charge is 0.378 e. The molecule has 2 aromatic rings. The Morgan fingerprint density at radius 1 is 0.909 bits per heavy atom. The van der Waals surface area contributed by atoms with E-state index in [1.165, 1.54) is 11.1 Å². The van der Waals surface area contributed by atoms with Crippen molar-refractivity contribution in [3.63, 3.8) is 0 Å². The SMILES string of the molecule is CN=C(NCCCOC1CCN(Cc2ccccc2)CC1)NCCOCc1ccccc1.I. The molecular weight excluding hydrogens is 527 g/mol. The van der Waals surface area contributed by atoms with Crippen LogP contribution in [0.4, 0.5) is 0 Å². The van der Waals surface area contributed by atoms with Gasteiger partial charge in [-0.3, -0.25) is 9.89 Å². The number of halogens is 1. The molecule has 182 valence electrons. The smallest absolute Gasteiger partial charge is 0.191 e. The number of hydrogen-bond donors (Lipinski definition) is 2. The van der Waals surface area contributed by atoms with Gasteiger partial charge in [0.05, 0.1) is 19.3 Å². The molecule has 1 heterocycles. The van der Waals surface area contributed by atoms with Gasteiger partial charge in [0.1, 0.15) is 0 Å². The van der Waals surface area contributed by atoms with E-state index in [9.17, 15) is 0 Å². The molecule has 1 aliphatic rings. The van der Waals surface area contributed by atoms with Gasteiger partial charge in [-0.2, -0.15) is 0 Å². The number of piperidine rings is 1. The van der Waals surface area contributed by atoms with Crippen molar-refractivity contribution < 1.29 is 9.47 Å². The molecule has 1 aliphatic heterocycles. The van der Waals surface area contributed by atoms with Crippen molar-refractivity contribution in [2.75, 3.05) is 46.4 Å². The van der Waals surface area contributed by atoms with Crippen LogP contribution >= 0.6 is 24.0 Å². The Bertz CT molecular complexity index is 768. The summed E-state index contributed by atoms with van der Waals surface area (Å²) in [6, 6.07) is 20.9. The summed E-state index contributed by atoms with van der Waals surface area (Å²) in [7, 11) is 1.79. The molecule has 0 saturated carbocycles. The minimum absolute atomic E-state index is 0. The monoisotopic (exact) mass is 566 g/mol. The molecule has 1 fully saturated rings. The lowest BCUT2D eigenvalue weighted by molar-refractivity contribution is 0.00534. The van der Waals surface area contributed by atoms with E-state index in [4.69, 9.17) is 9.47 Å². The van der Waals surface area contributed by atoms with E-state index in [1.54, 1.807) is 7.05 Å². The first-order valence-corrected chi connectivity index (χ1v) is 11.8. The van der Waals surface area contributed by atoms with Crippen molar-refractivity contribution in [2.45, 2.75) is 38.5 Å². The van der Waals surface area contributed by atoms with Crippen LogP contribution in [-0.4, -0.2) is 63.4 Å². The second kappa shape index (κ2) is 16.9. The fourth-order valence-corrected chi connectivity index (χ4v) is 3.83. The zero-order valence-corrected chi connectivity index (χ0v) is 22.1. The summed E-state index contributed by atoms with van der Waals surface area (Å²) in [5.74, 6) is 0.808. The first kappa shape index (κ1) is 27.6. The molecule has 0 amide bonds. The average molecular weight is 567 g/mol. The van der Waals surface area contributed by atoms with Crippen LogP contribution < -0.4 is 10.6 Å². The molecule has 1 saturated heterocycles. The highest BCUT2D eigenvalue weighted by Crippen LogP contribution is 2.16. The van der Waals surface area contributed by atoms with E-state index in [1.807, 2.05) is 18.2 Å². The van der Waals surface area contributed by atoms with Crippen LogP contribution in [0.1, 0.15) is 30.4 Å². The maximum Gasteiger partial charge on any atom is 0.191 e. The number of aliphatic imine (C=N–C) groups is 1. The molecule has 33 heavy (non-hydrogen) atoms. The lowest BCUT2D eigenvalue weighted by Crippen LogP contribution is -2.40. The number of guanidine groups is 1. The number of rotatable bonds is 12. The van der Waals surface area contributed by atoms with Crippen molar-refractivity contribution in [3.8, 4) is 0 Å². The molecule has 0 unspecified atom stereocenters. The lowest BCUT2D eigenvalue weighted by atomic mass is 10.1. The third-order valence-electron chi connectivity index (χ3n) is 5.62. The van der Waals surface area contributed by atoms with Gasteiger partial charge in [0.2, 0.25) is 0 Å². The third kappa shape index (κ3) is 11.3. The van der Waals surface area contributed by atoms with Gasteiger partial charge in [0, 0.05) is 46.4 Å². The number of nitrogens with one attached hydrogen (secondary N) is 2. The molecular formula is C26H39IN4O2. The summed E-state index contributed by atoms with van der Waals surface area (Å²) >= 11 is 0. The summed E-state index contributed by atoms with van der Waals surface area (Å²) in [5.41, 5.74) is 2.58. The number of ether oxygens (including phenoxy) is 2. The molecule has 0 aliphatic carbocycles. The Morgan fingerprint density at radius 3 is 2.21 bits per heavy atom. The molecule has 6 nitrogen and oxygen atoms in total. The Balaban J connectivity index is 0.00000385. The molecule has 0 aromatic heterocycles. The predicted octanol–water partition coefficient (Wildman–Crippen LogP) is 4.06. The van der Waals surface area contributed by atoms with Crippen LogP contribution in [0, 0.1) is 0 Å². The van der Waals surface area contributed by atoms with Crippen LogP contribution in [0.5, 0.6) is 0 Å². The highest BCUT2D eigenvalue weighted by atomic mass is 127. The Hall–Kier alpha value is -1.68. The fourth-order valence-electron chi connectivity index (χ4n) is 3.83. The predicted molar refractivity (Wildman–Crippen MR) is 146 cm³/mol. The van der Waals surface area contributed by atoms with Crippen molar-refractivity contribution in [1.82, 2.24) is 15.5 Å². The van der Waals surface area contributed by atoms with Crippen molar-refractivity contribution >= 4 is 29.9 Å². The van der Waals surface area contributed by atoms with Gasteiger partial charge in [0.25, 0.3) is 0 Å². The molecule has 2 aromatic carbocycles. The zero-order valence-electron chi connectivity index (χ0n) is 19.7. The Labute approximate surface area is 216 Å². The summed E-state index contributed by atoms with van der Waals surface area (Å²) in [6.45, 7) is 6.90.